The van der Waals surface area contributed by atoms with Crippen LogP contribution in [-0.2, 0) is 14.3 Å². The van der Waals surface area contributed by atoms with Crippen molar-refractivity contribution >= 4 is 17.8 Å². The standard InChI is InChI=1S/C25H26N2O5/c28-20-9-7-19(8-10-20)23-22(21(29)11-6-18-4-2-1-3-5-18)24(30)25(31)27(23)13-12-26-14-16-32-17-15-26/h1-11,23,28,30H,12-17H2/b11-6+. The molecule has 2 aromatic carbocycles. The summed E-state index contributed by atoms with van der Waals surface area (Å²) in [5.41, 5.74) is 1.55. The fraction of sp³-hybridized carbons (Fsp3) is 0.280. The monoisotopic (exact) mass is 434 g/mol. The number of nitrogens with zero attached hydrogens (tertiary/aromatic N) is 2. The number of aromatic hydroxyl groups is 1. The highest BCUT2D eigenvalue weighted by Crippen LogP contribution is 2.38. The van der Waals surface area contributed by atoms with E-state index in [2.05, 4.69) is 4.90 Å². The van der Waals surface area contributed by atoms with Gasteiger partial charge in [0.15, 0.2) is 11.5 Å². The minimum Gasteiger partial charge on any atom is -0.508 e. The summed E-state index contributed by atoms with van der Waals surface area (Å²) in [6.07, 6.45) is 3.05. The summed E-state index contributed by atoms with van der Waals surface area (Å²) in [6.45, 7) is 3.81. The van der Waals surface area contributed by atoms with E-state index in [1.807, 2.05) is 30.3 Å². The van der Waals surface area contributed by atoms with Crippen molar-refractivity contribution in [2.75, 3.05) is 39.4 Å². The molecule has 7 heteroatoms. The molecule has 0 spiro atoms. The third kappa shape index (κ3) is 4.74. The summed E-state index contributed by atoms with van der Waals surface area (Å²) in [7, 11) is 0. The van der Waals surface area contributed by atoms with Crippen molar-refractivity contribution in [1.29, 1.82) is 0 Å². The number of morpholine rings is 1. The number of phenolic OH excluding ortho intramolecular Hbond substituents is 1. The largest absolute Gasteiger partial charge is 0.508 e. The molecule has 2 aliphatic heterocycles. The number of rotatable bonds is 7. The SMILES string of the molecule is O=C(/C=C/c1ccccc1)C1=C(O)C(=O)N(CCN2CCOCC2)C1c1ccc(O)cc1. The van der Waals surface area contributed by atoms with Crippen LogP contribution in [0.3, 0.4) is 0 Å². The van der Waals surface area contributed by atoms with Crippen LogP contribution < -0.4 is 0 Å². The summed E-state index contributed by atoms with van der Waals surface area (Å²) in [5.74, 6) is -1.42. The van der Waals surface area contributed by atoms with Crippen molar-refractivity contribution in [2.24, 2.45) is 0 Å². The molecule has 2 aliphatic rings. The maximum Gasteiger partial charge on any atom is 0.290 e. The Morgan fingerprint density at radius 3 is 2.38 bits per heavy atom. The van der Waals surface area contributed by atoms with E-state index in [-0.39, 0.29) is 11.3 Å². The van der Waals surface area contributed by atoms with E-state index < -0.39 is 23.5 Å². The molecule has 0 radical (unpaired) electrons. The molecular formula is C25H26N2O5. The normalized spacial score (nSPS) is 19.8. The minimum absolute atomic E-state index is 0.0508. The molecule has 0 saturated carbocycles. The van der Waals surface area contributed by atoms with Crippen LogP contribution >= 0.6 is 0 Å². The molecule has 1 unspecified atom stereocenters. The smallest absolute Gasteiger partial charge is 0.290 e. The Labute approximate surface area is 186 Å². The Hall–Kier alpha value is -3.42. The van der Waals surface area contributed by atoms with Gasteiger partial charge in [0.1, 0.15) is 5.75 Å². The first-order chi connectivity index (χ1) is 15.5. The minimum atomic E-state index is -0.725. The van der Waals surface area contributed by atoms with E-state index in [1.54, 1.807) is 18.2 Å². The van der Waals surface area contributed by atoms with Crippen LogP contribution in [0.25, 0.3) is 6.08 Å². The second-order valence-corrected chi connectivity index (χ2v) is 7.82. The van der Waals surface area contributed by atoms with Crippen LogP contribution in [-0.4, -0.2) is 71.1 Å². The Bertz CT molecular complexity index is 1020. The van der Waals surface area contributed by atoms with Gasteiger partial charge in [0.25, 0.3) is 5.91 Å². The zero-order chi connectivity index (χ0) is 22.5. The van der Waals surface area contributed by atoms with Crippen LogP contribution in [0, 0.1) is 0 Å². The molecule has 2 N–H and O–H groups in total. The van der Waals surface area contributed by atoms with Crippen molar-refractivity contribution in [2.45, 2.75) is 6.04 Å². The van der Waals surface area contributed by atoms with Gasteiger partial charge in [-0.25, -0.2) is 0 Å². The van der Waals surface area contributed by atoms with Crippen LogP contribution in [0.5, 0.6) is 5.75 Å². The Kier molecular flexibility index (Phi) is 6.68. The second-order valence-electron chi connectivity index (χ2n) is 7.82. The zero-order valence-electron chi connectivity index (χ0n) is 17.7. The summed E-state index contributed by atoms with van der Waals surface area (Å²) in [5, 5.41) is 20.4. The van der Waals surface area contributed by atoms with Crippen molar-refractivity contribution in [3.05, 3.63) is 83.1 Å². The molecular weight excluding hydrogens is 408 g/mol. The van der Waals surface area contributed by atoms with Crippen LogP contribution in [0.1, 0.15) is 17.2 Å². The number of ketones is 1. The first kappa shape index (κ1) is 21.8. The first-order valence-electron chi connectivity index (χ1n) is 10.6. The maximum absolute atomic E-state index is 13.1. The number of benzene rings is 2. The molecule has 32 heavy (non-hydrogen) atoms. The van der Waals surface area contributed by atoms with Gasteiger partial charge in [0, 0.05) is 26.2 Å². The topological polar surface area (TPSA) is 90.3 Å². The van der Waals surface area contributed by atoms with Gasteiger partial charge in [0.05, 0.1) is 24.8 Å². The molecule has 0 aliphatic carbocycles. The van der Waals surface area contributed by atoms with Gasteiger partial charge in [-0.3, -0.25) is 14.5 Å². The lowest BCUT2D eigenvalue weighted by Gasteiger charge is -2.31. The van der Waals surface area contributed by atoms with Gasteiger partial charge in [-0.15, -0.1) is 0 Å². The van der Waals surface area contributed by atoms with Gasteiger partial charge in [-0.1, -0.05) is 48.5 Å². The Balaban J connectivity index is 1.61. The first-order valence-corrected chi connectivity index (χ1v) is 10.6. The van der Waals surface area contributed by atoms with Gasteiger partial charge in [-0.05, 0) is 29.3 Å². The molecule has 4 rings (SSSR count). The predicted molar refractivity (Wildman–Crippen MR) is 120 cm³/mol. The number of aliphatic hydroxyl groups is 1. The third-order valence-corrected chi connectivity index (χ3v) is 5.77. The molecule has 1 atom stereocenters. The number of ether oxygens (including phenoxy) is 1. The van der Waals surface area contributed by atoms with E-state index in [4.69, 9.17) is 4.74 Å². The highest BCUT2D eigenvalue weighted by Gasteiger charge is 2.42. The molecule has 0 aromatic heterocycles. The average molecular weight is 434 g/mol. The lowest BCUT2D eigenvalue weighted by atomic mass is 9.95. The number of carbonyl (C=O) groups excluding carboxylic acids is 2. The summed E-state index contributed by atoms with van der Waals surface area (Å²) < 4.78 is 5.38. The molecule has 2 aromatic rings. The lowest BCUT2D eigenvalue weighted by molar-refractivity contribution is -0.129. The molecule has 7 nitrogen and oxygen atoms in total. The zero-order valence-corrected chi connectivity index (χ0v) is 17.7. The highest BCUT2D eigenvalue weighted by molar-refractivity contribution is 6.14. The lowest BCUT2D eigenvalue weighted by Crippen LogP contribution is -2.43. The summed E-state index contributed by atoms with van der Waals surface area (Å²) in [6, 6.07) is 15.0. The third-order valence-electron chi connectivity index (χ3n) is 5.77. The number of hydrogen-bond acceptors (Lipinski definition) is 6. The van der Waals surface area contributed by atoms with Crippen molar-refractivity contribution in [3.8, 4) is 5.75 Å². The fourth-order valence-corrected chi connectivity index (χ4v) is 4.04. The quantitative estimate of drug-likeness (QED) is 0.652. The van der Waals surface area contributed by atoms with E-state index in [9.17, 15) is 19.8 Å². The number of hydrogen-bond donors (Lipinski definition) is 2. The highest BCUT2D eigenvalue weighted by atomic mass is 16.5. The Morgan fingerprint density at radius 1 is 1.00 bits per heavy atom. The summed E-state index contributed by atoms with van der Waals surface area (Å²) >= 11 is 0. The number of amides is 1. The van der Waals surface area contributed by atoms with Crippen molar-refractivity contribution in [1.82, 2.24) is 9.80 Å². The summed E-state index contributed by atoms with van der Waals surface area (Å²) in [4.78, 5) is 29.8. The van der Waals surface area contributed by atoms with Crippen LogP contribution in [0.15, 0.2) is 72.0 Å². The molecule has 1 fully saturated rings. The fourth-order valence-electron chi connectivity index (χ4n) is 4.04. The second kappa shape index (κ2) is 9.80. The maximum atomic E-state index is 13.1. The molecule has 1 saturated heterocycles. The Morgan fingerprint density at radius 2 is 1.69 bits per heavy atom. The van der Waals surface area contributed by atoms with Gasteiger partial charge >= 0.3 is 0 Å². The number of aliphatic hydroxyl groups excluding tert-OH is 1. The van der Waals surface area contributed by atoms with Crippen LogP contribution in [0.4, 0.5) is 0 Å². The van der Waals surface area contributed by atoms with E-state index in [0.717, 1.165) is 18.7 Å². The van der Waals surface area contributed by atoms with E-state index in [1.165, 1.54) is 23.1 Å². The number of carbonyl (C=O) groups is 2. The predicted octanol–water partition coefficient (Wildman–Crippen LogP) is 2.70. The van der Waals surface area contributed by atoms with Gasteiger partial charge in [0.2, 0.25) is 0 Å². The van der Waals surface area contributed by atoms with Gasteiger partial charge in [-0.2, -0.15) is 0 Å². The van der Waals surface area contributed by atoms with Crippen LogP contribution in [0.2, 0.25) is 0 Å². The van der Waals surface area contributed by atoms with E-state index in [0.29, 0.717) is 31.9 Å². The van der Waals surface area contributed by atoms with E-state index >= 15 is 0 Å². The van der Waals surface area contributed by atoms with Gasteiger partial charge < -0.3 is 19.8 Å². The molecule has 1 amide bonds. The molecule has 0 bridgehead atoms. The molecule has 166 valence electrons. The molecule has 2 heterocycles. The van der Waals surface area contributed by atoms with Crippen molar-refractivity contribution < 1.29 is 24.5 Å². The number of phenols is 1. The average Bonchev–Trinajstić information content (AvgIpc) is 3.08. The number of allylic oxidation sites excluding steroid dienone is 1. The van der Waals surface area contributed by atoms with Crippen molar-refractivity contribution in [3.63, 3.8) is 0 Å².